The van der Waals surface area contributed by atoms with Gasteiger partial charge in [0.15, 0.2) is 0 Å². The van der Waals surface area contributed by atoms with Crippen molar-refractivity contribution in [3.8, 4) is 0 Å². The highest BCUT2D eigenvalue weighted by molar-refractivity contribution is 6.02. The number of imide groups is 1. The van der Waals surface area contributed by atoms with Gasteiger partial charge < -0.3 is 9.94 Å². The van der Waals surface area contributed by atoms with Gasteiger partial charge in [0.05, 0.1) is 0 Å². The minimum atomic E-state index is -1.08. The highest BCUT2D eigenvalue weighted by atomic mass is 16.7. The number of carbonyl (C=O) groups is 4. The van der Waals surface area contributed by atoms with Crippen LogP contribution in [0.25, 0.3) is 0 Å². The van der Waals surface area contributed by atoms with Crippen molar-refractivity contribution < 1.29 is 29.1 Å². The van der Waals surface area contributed by atoms with E-state index in [1.54, 1.807) is 0 Å². The Balaban J connectivity index is 2.48. The van der Waals surface area contributed by atoms with Crippen LogP contribution in [-0.2, 0) is 24.0 Å². The molecule has 0 saturated carbocycles. The fourth-order valence-electron chi connectivity index (χ4n) is 1.17. The van der Waals surface area contributed by atoms with Crippen LogP contribution in [0.2, 0.25) is 0 Å². The summed E-state index contributed by atoms with van der Waals surface area (Å²) in [6.07, 6.45) is -0.346. The lowest BCUT2D eigenvalue weighted by Crippen LogP contribution is -2.32. The molecule has 1 aliphatic heterocycles. The molecule has 7 nitrogen and oxygen atoms in total. The Morgan fingerprint density at radius 1 is 1.24 bits per heavy atom. The Morgan fingerprint density at radius 3 is 2.24 bits per heavy atom. The lowest BCUT2D eigenvalue weighted by Gasteiger charge is -2.13. The zero-order valence-electron chi connectivity index (χ0n) is 8.97. The topological polar surface area (TPSA) is 101 Å². The third-order valence-corrected chi connectivity index (χ3v) is 2.11. The van der Waals surface area contributed by atoms with Crippen molar-refractivity contribution in [2.45, 2.75) is 25.7 Å². The molecule has 0 aromatic heterocycles. The van der Waals surface area contributed by atoms with Crippen LogP contribution in [0.5, 0.6) is 0 Å². The number of carboxylic acids is 1. The summed E-state index contributed by atoms with van der Waals surface area (Å²) >= 11 is 0. The molecule has 0 bridgehead atoms. The molecule has 1 heterocycles. The van der Waals surface area contributed by atoms with Gasteiger partial charge in [-0.1, -0.05) is 6.58 Å². The maximum atomic E-state index is 11.3. The van der Waals surface area contributed by atoms with Crippen molar-refractivity contribution in [2.75, 3.05) is 0 Å². The fourth-order valence-corrected chi connectivity index (χ4v) is 1.17. The van der Waals surface area contributed by atoms with Gasteiger partial charge in [-0.25, -0.2) is 4.79 Å². The first kappa shape index (κ1) is 12.9. The van der Waals surface area contributed by atoms with E-state index in [1.807, 2.05) is 0 Å². The average molecular weight is 241 g/mol. The molecular formula is C10H11NO6. The third kappa shape index (κ3) is 3.40. The maximum Gasteiger partial charge on any atom is 0.359 e. The Hall–Kier alpha value is -2.18. The molecule has 17 heavy (non-hydrogen) atoms. The van der Waals surface area contributed by atoms with Gasteiger partial charge >= 0.3 is 11.9 Å². The van der Waals surface area contributed by atoms with Gasteiger partial charge in [0, 0.05) is 24.8 Å². The number of nitrogens with zero attached hydrogens (tertiary/aromatic N) is 1. The van der Waals surface area contributed by atoms with Gasteiger partial charge in [0.2, 0.25) is 0 Å². The van der Waals surface area contributed by atoms with Gasteiger partial charge in [0.25, 0.3) is 11.8 Å². The van der Waals surface area contributed by atoms with Gasteiger partial charge in [-0.2, -0.15) is 0 Å². The number of amides is 2. The first-order chi connectivity index (χ1) is 7.91. The Labute approximate surface area is 96.6 Å². The summed E-state index contributed by atoms with van der Waals surface area (Å²) in [6.45, 7) is 3.33. The lowest BCUT2D eigenvalue weighted by molar-refractivity contribution is -0.194. The molecule has 1 rings (SSSR count). The van der Waals surface area contributed by atoms with Crippen LogP contribution in [0, 0.1) is 0 Å². The van der Waals surface area contributed by atoms with Gasteiger partial charge in [-0.3, -0.25) is 14.4 Å². The van der Waals surface area contributed by atoms with E-state index < -0.39 is 23.8 Å². The second-order valence-electron chi connectivity index (χ2n) is 3.46. The zero-order chi connectivity index (χ0) is 13.0. The second-order valence-corrected chi connectivity index (χ2v) is 3.46. The second kappa shape index (κ2) is 5.24. The Bertz CT molecular complexity index is 384. The molecule has 7 heteroatoms. The molecule has 0 aromatic carbocycles. The Morgan fingerprint density at radius 2 is 1.76 bits per heavy atom. The number of carboxylic acid groups (broad SMARTS) is 1. The van der Waals surface area contributed by atoms with Crippen molar-refractivity contribution in [3.05, 3.63) is 12.2 Å². The van der Waals surface area contributed by atoms with Crippen LogP contribution in [0.1, 0.15) is 25.7 Å². The summed E-state index contributed by atoms with van der Waals surface area (Å²) < 4.78 is 0. The van der Waals surface area contributed by atoms with Crippen LogP contribution in [0.3, 0.4) is 0 Å². The van der Waals surface area contributed by atoms with Crippen LogP contribution in [-0.4, -0.2) is 33.9 Å². The van der Waals surface area contributed by atoms with E-state index in [2.05, 4.69) is 11.4 Å². The summed E-state index contributed by atoms with van der Waals surface area (Å²) in [4.78, 5) is 48.4. The van der Waals surface area contributed by atoms with E-state index in [4.69, 9.17) is 5.11 Å². The molecule has 0 unspecified atom stereocenters. The van der Waals surface area contributed by atoms with Crippen molar-refractivity contribution >= 4 is 23.8 Å². The fraction of sp³-hybridized carbons (Fsp3) is 0.400. The van der Waals surface area contributed by atoms with Crippen molar-refractivity contribution in [3.63, 3.8) is 0 Å². The van der Waals surface area contributed by atoms with Gasteiger partial charge in [0.1, 0.15) is 0 Å². The molecule has 0 aliphatic carbocycles. The molecule has 92 valence electrons. The average Bonchev–Trinajstić information content (AvgIpc) is 2.57. The lowest BCUT2D eigenvalue weighted by atomic mass is 10.2. The zero-order valence-corrected chi connectivity index (χ0v) is 8.97. The van der Waals surface area contributed by atoms with Gasteiger partial charge in [-0.15, -0.1) is 5.06 Å². The SMILES string of the molecule is C=C(CCC(=O)O)C(=O)ON1C(=O)CCC1=O. The summed E-state index contributed by atoms with van der Waals surface area (Å²) in [5, 5.41) is 8.80. The largest absolute Gasteiger partial charge is 0.481 e. The van der Waals surface area contributed by atoms with Crippen LogP contribution >= 0.6 is 0 Å². The molecule has 2 amide bonds. The van der Waals surface area contributed by atoms with Crippen molar-refractivity contribution in [2.24, 2.45) is 0 Å². The van der Waals surface area contributed by atoms with Crippen LogP contribution in [0.15, 0.2) is 12.2 Å². The van der Waals surface area contributed by atoms with Crippen LogP contribution in [0.4, 0.5) is 0 Å². The highest BCUT2D eigenvalue weighted by Crippen LogP contribution is 2.14. The maximum absolute atomic E-state index is 11.3. The van der Waals surface area contributed by atoms with E-state index in [9.17, 15) is 19.2 Å². The van der Waals surface area contributed by atoms with E-state index in [0.29, 0.717) is 5.06 Å². The molecule has 0 atom stereocenters. The quantitative estimate of drug-likeness (QED) is 0.537. The molecule has 0 spiro atoms. The van der Waals surface area contributed by atoms with Crippen molar-refractivity contribution in [1.29, 1.82) is 0 Å². The third-order valence-electron chi connectivity index (χ3n) is 2.11. The number of hydroxylamine groups is 2. The van der Waals surface area contributed by atoms with E-state index in [-0.39, 0.29) is 31.3 Å². The first-order valence-corrected chi connectivity index (χ1v) is 4.89. The first-order valence-electron chi connectivity index (χ1n) is 4.89. The molecule has 1 aliphatic rings. The summed E-state index contributed by atoms with van der Waals surface area (Å²) in [7, 11) is 0. The van der Waals surface area contributed by atoms with E-state index in [1.165, 1.54) is 0 Å². The minimum absolute atomic E-state index is 0.00765. The van der Waals surface area contributed by atoms with E-state index in [0.717, 1.165) is 0 Å². The summed E-state index contributed by atoms with van der Waals surface area (Å²) in [6, 6.07) is 0. The predicted octanol–water partition coefficient (Wildman–Crippen LogP) is 0.0146. The monoisotopic (exact) mass is 241 g/mol. The molecule has 1 saturated heterocycles. The standard InChI is InChI=1S/C10H11NO6/c1-6(2-5-9(14)15)10(16)17-11-7(12)3-4-8(11)13/h1-5H2,(H,14,15). The molecular weight excluding hydrogens is 230 g/mol. The summed E-state index contributed by atoms with van der Waals surface area (Å²) in [5.41, 5.74) is -0.0973. The molecule has 0 aromatic rings. The molecule has 0 radical (unpaired) electrons. The smallest absolute Gasteiger partial charge is 0.359 e. The minimum Gasteiger partial charge on any atom is -0.481 e. The van der Waals surface area contributed by atoms with E-state index >= 15 is 0 Å². The number of carbonyl (C=O) groups excluding carboxylic acids is 3. The Kier molecular flexibility index (Phi) is 3.97. The number of hydrogen-bond donors (Lipinski definition) is 1. The summed E-state index contributed by atoms with van der Waals surface area (Å²) in [5.74, 6) is -3.22. The molecule has 1 N–H and O–H groups in total. The van der Waals surface area contributed by atoms with Crippen LogP contribution < -0.4 is 0 Å². The number of hydrogen-bond acceptors (Lipinski definition) is 5. The normalized spacial score (nSPS) is 14.9. The number of rotatable bonds is 5. The van der Waals surface area contributed by atoms with Crippen molar-refractivity contribution in [1.82, 2.24) is 5.06 Å². The predicted molar refractivity (Wildman–Crippen MR) is 53.2 cm³/mol. The highest BCUT2D eigenvalue weighted by Gasteiger charge is 2.33. The molecule has 1 fully saturated rings. The van der Waals surface area contributed by atoms with Gasteiger partial charge in [-0.05, 0) is 6.42 Å². The number of aliphatic carboxylic acids is 1.